The molecule has 0 spiro atoms. The third-order valence-electron chi connectivity index (χ3n) is 2.00. The summed E-state index contributed by atoms with van der Waals surface area (Å²) in [6.07, 6.45) is 4.56. The Kier molecular flexibility index (Phi) is 3.06. The van der Waals surface area contributed by atoms with Crippen molar-refractivity contribution in [2.45, 2.75) is 25.8 Å². The van der Waals surface area contributed by atoms with Crippen molar-refractivity contribution in [2.75, 3.05) is 0 Å². The Labute approximate surface area is 76.6 Å². The van der Waals surface area contributed by atoms with E-state index in [2.05, 4.69) is 5.32 Å². The van der Waals surface area contributed by atoms with Gasteiger partial charge in [-0.15, -0.1) is 0 Å². The van der Waals surface area contributed by atoms with E-state index in [1.165, 1.54) is 6.92 Å². The topological polar surface area (TPSA) is 66.4 Å². The van der Waals surface area contributed by atoms with Gasteiger partial charge in [0.05, 0.1) is 6.42 Å². The average molecular weight is 183 g/mol. The smallest absolute Gasteiger partial charge is 0.303 e. The van der Waals surface area contributed by atoms with Gasteiger partial charge in [-0.1, -0.05) is 12.2 Å². The van der Waals surface area contributed by atoms with Gasteiger partial charge in [0.2, 0.25) is 5.91 Å². The van der Waals surface area contributed by atoms with Gasteiger partial charge in [0.25, 0.3) is 0 Å². The minimum atomic E-state index is -0.793. The fourth-order valence-electron chi connectivity index (χ4n) is 1.52. The van der Waals surface area contributed by atoms with E-state index >= 15 is 0 Å². The van der Waals surface area contributed by atoms with Crippen molar-refractivity contribution in [3.8, 4) is 0 Å². The molecule has 0 aromatic carbocycles. The lowest BCUT2D eigenvalue weighted by Gasteiger charge is -2.10. The Morgan fingerprint density at radius 3 is 2.77 bits per heavy atom. The number of nitrogens with one attached hydrogen (secondary N) is 1. The summed E-state index contributed by atoms with van der Waals surface area (Å²) < 4.78 is 0. The molecule has 0 aliphatic heterocycles. The standard InChI is InChI=1S/C9H13NO3/c1-6(11)10-8-3-2-7(4-8)5-9(12)13/h2-3,7-8H,4-5H2,1H3,(H,10,11)(H,12,13)/t7-,8+/m1/s1. The second kappa shape index (κ2) is 4.07. The molecule has 1 aliphatic carbocycles. The molecule has 4 nitrogen and oxygen atoms in total. The highest BCUT2D eigenvalue weighted by Crippen LogP contribution is 2.20. The van der Waals surface area contributed by atoms with Gasteiger partial charge < -0.3 is 10.4 Å². The zero-order valence-corrected chi connectivity index (χ0v) is 7.49. The number of allylic oxidation sites excluding steroid dienone is 1. The predicted octanol–water partition coefficient (Wildman–Crippen LogP) is 0.542. The zero-order chi connectivity index (χ0) is 9.84. The quantitative estimate of drug-likeness (QED) is 0.627. The van der Waals surface area contributed by atoms with Crippen molar-refractivity contribution in [1.29, 1.82) is 0 Å². The van der Waals surface area contributed by atoms with Crippen LogP contribution in [0.25, 0.3) is 0 Å². The second-order valence-electron chi connectivity index (χ2n) is 3.29. The van der Waals surface area contributed by atoms with Gasteiger partial charge in [-0.05, 0) is 12.3 Å². The molecule has 0 aromatic rings. The number of hydrogen-bond donors (Lipinski definition) is 2. The highest BCUT2D eigenvalue weighted by atomic mass is 16.4. The molecular formula is C9H13NO3. The van der Waals surface area contributed by atoms with Crippen molar-refractivity contribution >= 4 is 11.9 Å². The maximum absolute atomic E-state index is 10.7. The van der Waals surface area contributed by atoms with E-state index in [-0.39, 0.29) is 24.3 Å². The maximum atomic E-state index is 10.7. The molecule has 0 bridgehead atoms. The van der Waals surface area contributed by atoms with Gasteiger partial charge >= 0.3 is 5.97 Å². The maximum Gasteiger partial charge on any atom is 0.303 e. The normalized spacial score (nSPS) is 25.9. The third-order valence-corrected chi connectivity index (χ3v) is 2.00. The SMILES string of the molecule is CC(=O)N[C@H]1C=C[C@@H](CC(=O)O)C1. The first kappa shape index (κ1) is 9.77. The van der Waals surface area contributed by atoms with Gasteiger partial charge in [-0.25, -0.2) is 0 Å². The lowest BCUT2D eigenvalue weighted by molar-refractivity contribution is -0.137. The lowest BCUT2D eigenvalue weighted by atomic mass is 10.0. The minimum absolute atomic E-state index is 0.0156. The molecule has 0 aromatic heterocycles. The summed E-state index contributed by atoms with van der Waals surface area (Å²) in [7, 11) is 0. The summed E-state index contributed by atoms with van der Waals surface area (Å²) in [6, 6.07) is 0.0156. The molecule has 0 heterocycles. The van der Waals surface area contributed by atoms with Crippen LogP contribution in [0.2, 0.25) is 0 Å². The molecular weight excluding hydrogens is 170 g/mol. The van der Waals surface area contributed by atoms with Crippen molar-refractivity contribution in [3.05, 3.63) is 12.2 Å². The number of carboxylic acid groups (broad SMARTS) is 1. The number of carboxylic acids is 1. The molecule has 2 N–H and O–H groups in total. The third kappa shape index (κ3) is 3.27. The van der Waals surface area contributed by atoms with Crippen LogP contribution in [0.15, 0.2) is 12.2 Å². The van der Waals surface area contributed by atoms with Crippen molar-refractivity contribution in [2.24, 2.45) is 5.92 Å². The predicted molar refractivity (Wildman–Crippen MR) is 47.1 cm³/mol. The number of amides is 1. The first-order valence-electron chi connectivity index (χ1n) is 4.25. The van der Waals surface area contributed by atoms with Gasteiger partial charge in [0.15, 0.2) is 0 Å². The van der Waals surface area contributed by atoms with Crippen LogP contribution in [-0.4, -0.2) is 23.0 Å². The van der Waals surface area contributed by atoms with Gasteiger partial charge in [-0.2, -0.15) is 0 Å². The lowest BCUT2D eigenvalue weighted by Crippen LogP contribution is -2.30. The molecule has 1 rings (SSSR count). The Balaban J connectivity index is 2.33. The fraction of sp³-hybridized carbons (Fsp3) is 0.556. The number of aliphatic carboxylic acids is 1. The summed E-state index contributed by atoms with van der Waals surface area (Å²) >= 11 is 0. The van der Waals surface area contributed by atoms with Crippen LogP contribution in [-0.2, 0) is 9.59 Å². The molecule has 4 heteroatoms. The molecule has 0 saturated carbocycles. The van der Waals surface area contributed by atoms with Crippen molar-refractivity contribution < 1.29 is 14.7 Å². The Hall–Kier alpha value is -1.32. The van der Waals surface area contributed by atoms with Crippen LogP contribution in [0.5, 0.6) is 0 Å². The number of hydrogen-bond acceptors (Lipinski definition) is 2. The van der Waals surface area contributed by atoms with Gasteiger partial charge in [0, 0.05) is 13.0 Å². The molecule has 1 amide bonds. The Bertz CT molecular complexity index is 223. The van der Waals surface area contributed by atoms with Gasteiger partial charge in [0.1, 0.15) is 0 Å². The molecule has 13 heavy (non-hydrogen) atoms. The fourth-order valence-corrected chi connectivity index (χ4v) is 1.52. The first-order chi connectivity index (χ1) is 6.08. The van der Waals surface area contributed by atoms with Crippen LogP contribution in [0.3, 0.4) is 0 Å². The van der Waals surface area contributed by atoms with E-state index in [1.54, 1.807) is 0 Å². The van der Waals surface area contributed by atoms with E-state index < -0.39 is 5.97 Å². The van der Waals surface area contributed by atoms with Crippen molar-refractivity contribution in [3.63, 3.8) is 0 Å². The molecule has 0 saturated heterocycles. The van der Waals surface area contributed by atoms with Crippen LogP contribution < -0.4 is 5.32 Å². The Morgan fingerprint density at radius 1 is 1.54 bits per heavy atom. The van der Waals surface area contributed by atoms with E-state index in [9.17, 15) is 9.59 Å². The molecule has 1 aliphatic rings. The first-order valence-corrected chi connectivity index (χ1v) is 4.25. The summed E-state index contributed by atoms with van der Waals surface area (Å²) in [5.74, 6) is -0.807. The van der Waals surface area contributed by atoms with E-state index in [0.29, 0.717) is 6.42 Å². The van der Waals surface area contributed by atoms with Crippen LogP contribution >= 0.6 is 0 Å². The molecule has 0 unspecified atom stereocenters. The molecule has 0 radical (unpaired) electrons. The van der Waals surface area contributed by atoms with E-state index in [1.807, 2.05) is 12.2 Å². The van der Waals surface area contributed by atoms with Crippen molar-refractivity contribution in [1.82, 2.24) is 5.32 Å². The van der Waals surface area contributed by atoms with E-state index in [4.69, 9.17) is 5.11 Å². The number of carbonyl (C=O) groups is 2. The number of carbonyl (C=O) groups excluding carboxylic acids is 1. The van der Waals surface area contributed by atoms with Crippen LogP contribution in [0.1, 0.15) is 19.8 Å². The van der Waals surface area contributed by atoms with Crippen LogP contribution in [0.4, 0.5) is 0 Å². The largest absolute Gasteiger partial charge is 0.481 e. The van der Waals surface area contributed by atoms with E-state index in [0.717, 1.165) is 0 Å². The average Bonchev–Trinajstić information content (AvgIpc) is 2.33. The summed E-state index contributed by atoms with van der Waals surface area (Å²) in [6.45, 7) is 1.46. The highest BCUT2D eigenvalue weighted by Gasteiger charge is 2.21. The number of rotatable bonds is 3. The van der Waals surface area contributed by atoms with Gasteiger partial charge in [-0.3, -0.25) is 9.59 Å². The van der Waals surface area contributed by atoms with Crippen LogP contribution in [0, 0.1) is 5.92 Å². The molecule has 72 valence electrons. The second-order valence-corrected chi connectivity index (χ2v) is 3.29. The molecule has 0 fully saturated rings. The summed E-state index contributed by atoms with van der Waals surface area (Å²) in [5, 5.41) is 11.2. The summed E-state index contributed by atoms with van der Waals surface area (Å²) in [4.78, 5) is 21.0. The summed E-state index contributed by atoms with van der Waals surface area (Å²) in [5.41, 5.74) is 0. The molecule has 2 atom stereocenters. The zero-order valence-electron chi connectivity index (χ0n) is 7.49. The monoisotopic (exact) mass is 183 g/mol. The minimum Gasteiger partial charge on any atom is -0.481 e. The Morgan fingerprint density at radius 2 is 2.23 bits per heavy atom. The highest BCUT2D eigenvalue weighted by molar-refractivity contribution is 5.73.